The van der Waals surface area contributed by atoms with Gasteiger partial charge in [0.15, 0.2) is 11.6 Å². The number of benzene rings is 1. The third-order valence-electron chi connectivity index (χ3n) is 6.77. The standard InChI is InChI=1S/C25H32ClN7/c1-14-11-22(15(2)10-20(14)17-4-6-18(7-5-17)28-19-8-9-19)29-25-27-13-21(26)24(31-25)30-23-12-16(3)32-33-23/h10-13,17-19,28H,4-9H2,1-3H3,(H3,27,29,30,31,32,33). The van der Waals surface area contributed by atoms with Crippen molar-refractivity contribution in [3.63, 3.8) is 0 Å². The summed E-state index contributed by atoms with van der Waals surface area (Å²) in [6.07, 6.45) is 9.42. The van der Waals surface area contributed by atoms with Crippen molar-refractivity contribution in [1.82, 2.24) is 25.5 Å². The quantitative estimate of drug-likeness (QED) is 0.340. The highest BCUT2D eigenvalue weighted by Crippen LogP contribution is 2.38. The van der Waals surface area contributed by atoms with E-state index in [1.54, 1.807) is 6.20 Å². The van der Waals surface area contributed by atoms with Crippen LogP contribution in [0.1, 0.15) is 66.8 Å². The zero-order valence-electron chi connectivity index (χ0n) is 19.5. The Kier molecular flexibility index (Phi) is 6.25. The number of halogens is 1. The average molecular weight is 466 g/mol. The predicted octanol–water partition coefficient (Wildman–Crippen LogP) is 6.04. The number of nitrogens with one attached hydrogen (secondary N) is 4. The fourth-order valence-electron chi connectivity index (χ4n) is 4.81. The summed E-state index contributed by atoms with van der Waals surface area (Å²) >= 11 is 6.30. The Morgan fingerprint density at radius 2 is 1.64 bits per heavy atom. The smallest absolute Gasteiger partial charge is 0.229 e. The second-order valence-corrected chi connectivity index (χ2v) is 10.00. The number of aromatic amines is 1. The SMILES string of the molecule is Cc1cc(Nc2nc(Nc3cc(C)c(C4CCC(NC5CC5)CC4)cc3C)ncc2Cl)n[nH]1. The molecule has 0 bridgehead atoms. The second kappa shape index (κ2) is 9.31. The van der Waals surface area contributed by atoms with Crippen molar-refractivity contribution < 1.29 is 0 Å². The van der Waals surface area contributed by atoms with Crippen LogP contribution in [-0.4, -0.2) is 32.2 Å². The van der Waals surface area contributed by atoms with Gasteiger partial charge in [0, 0.05) is 29.5 Å². The van der Waals surface area contributed by atoms with Gasteiger partial charge < -0.3 is 16.0 Å². The molecule has 0 aliphatic heterocycles. The molecular weight excluding hydrogens is 434 g/mol. The number of nitrogens with zero attached hydrogens (tertiary/aromatic N) is 3. The highest BCUT2D eigenvalue weighted by molar-refractivity contribution is 6.32. The van der Waals surface area contributed by atoms with Gasteiger partial charge in [0.2, 0.25) is 5.95 Å². The normalized spacial score (nSPS) is 20.6. The summed E-state index contributed by atoms with van der Waals surface area (Å²) in [5.41, 5.74) is 5.98. The predicted molar refractivity (Wildman–Crippen MR) is 134 cm³/mol. The zero-order valence-corrected chi connectivity index (χ0v) is 20.3. The molecule has 2 aliphatic rings. The summed E-state index contributed by atoms with van der Waals surface area (Å²) < 4.78 is 0. The van der Waals surface area contributed by atoms with Gasteiger partial charge in [-0.3, -0.25) is 5.10 Å². The summed E-state index contributed by atoms with van der Waals surface area (Å²) in [7, 11) is 0. The van der Waals surface area contributed by atoms with Crippen LogP contribution in [0.5, 0.6) is 0 Å². The Morgan fingerprint density at radius 1 is 0.909 bits per heavy atom. The molecular formula is C25H32ClN7. The van der Waals surface area contributed by atoms with Crippen LogP contribution in [0.4, 0.5) is 23.3 Å². The fourth-order valence-corrected chi connectivity index (χ4v) is 4.94. The van der Waals surface area contributed by atoms with Crippen molar-refractivity contribution in [3.05, 3.63) is 51.8 Å². The molecule has 2 aromatic heterocycles. The molecule has 1 aromatic carbocycles. The highest BCUT2D eigenvalue weighted by Gasteiger charge is 2.29. The Bertz CT molecular complexity index is 1130. The van der Waals surface area contributed by atoms with Crippen molar-refractivity contribution >= 4 is 34.9 Å². The van der Waals surface area contributed by atoms with Gasteiger partial charge in [-0.25, -0.2) is 4.98 Å². The molecule has 0 spiro atoms. The first-order chi connectivity index (χ1) is 15.9. The molecule has 33 heavy (non-hydrogen) atoms. The van der Waals surface area contributed by atoms with E-state index in [-0.39, 0.29) is 0 Å². The van der Waals surface area contributed by atoms with Gasteiger partial charge in [0.25, 0.3) is 0 Å². The van der Waals surface area contributed by atoms with E-state index in [0.717, 1.165) is 17.4 Å². The molecule has 0 unspecified atom stereocenters. The van der Waals surface area contributed by atoms with Crippen LogP contribution in [0, 0.1) is 20.8 Å². The molecule has 2 saturated carbocycles. The van der Waals surface area contributed by atoms with E-state index < -0.39 is 0 Å². The molecule has 2 heterocycles. The molecule has 0 amide bonds. The van der Waals surface area contributed by atoms with Crippen LogP contribution in [0.25, 0.3) is 0 Å². The van der Waals surface area contributed by atoms with Crippen LogP contribution in [0.2, 0.25) is 5.02 Å². The number of anilines is 4. The molecule has 7 nitrogen and oxygen atoms in total. The van der Waals surface area contributed by atoms with E-state index >= 15 is 0 Å². The summed E-state index contributed by atoms with van der Waals surface area (Å²) in [5, 5.41) is 17.9. The summed E-state index contributed by atoms with van der Waals surface area (Å²) in [5.74, 6) is 2.33. The van der Waals surface area contributed by atoms with Crippen molar-refractivity contribution in [2.45, 2.75) is 77.3 Å². The number of aromatic nitrogens is 4. The van der Waals surface area contributed by atoms with E-state index in [0.29, 0.717) is 34.6 Å². The molecule has 0 atom stereocenters. The largest absolute Gasteiger partial charge is 0.324 e. The molecule has 2 aliphatic carbocycles. The van der Waals surface area contributed by atoms with Gasteiger partial charge >= 0.3 is 0 Å². The third-order valence-corrected chi connectivity index (χ3v) is 7.05. The van der Waals surface area contributed by atoms with E-state index in [2.05, 4.69) is 62.1 Å². The summed E-state index contributed by atoms with van der Waals surface area (Å²) in [6, 6.07) is 7.98. The van der Waals surface area contributed by atoms with Crippen molar-refractivity contribution in [3.8, 4) is 0 Å². The summed E-state index contributed by atoms with van der Waals surface area (Å²) in [6.45, 7) is 6.30. The third kappa shape index (κ3) is 5.31. The minimum atomic E-state index is 0.441. The van der Waals surface area contributed by atoms with Gasteiger partial charge in [-0.1, -0.05) is 17.7 Å². The first-order valence-corrected chi connectivity index (χ1v) is 12.3. The Hall–Kier alpha value is -2.64. The first kappa shape index (κ1) is 22.2. The van der Waals surface area contributed by atoms with Gasteiger partial charge in [-0.05, 0) is 88.0 Å². The topological polar surface area (TPSA) is 90.6 Å². The number of hydrogen-bond acceptors (Lipinski definition) is 6. The van der Waals surface area contributed by atoms with E-state index in [1.807, 2.05) is 13.0 Å². The van der Waals surface area contributed by atoms with Crippen LogP contribution in [-0.2, 0) is 0 Å². The molecule has 5 rings (SSSR count). The average Bonchev–Trinajstić information content (AvgIpc) is 3.52. The van der Waals surface area contributed by atoms with Crippen molar-refractivity contribution in [2.24, 2.45) is 0 Å². The minimum Gasteiger partial charge on any atom is -0.324 e. The lowest BCUT2D eigenvalue weighted by Gasteiger charge is -2.31. The zero-order chi connectivity index (χ0) is 22.9. The molecule has 0 saturated heterocycles. The summed E-state index contributed by atoms with van der Waals surface area (Å²) in [4.78, 5) is 8.94. The lowest BCUT2D eigenvalue weighted by atomic mass is 9.79. The van der Waals surface area contributed by atoms with Gasteiger partial charge in [0.1, 0.15) is 5.02 Å². The maximum atomic E-state index is 6.30. The Balaban J connectivity index is 1.28. The highest BCUT2D eigenvalue weighted by atomic mass is 35.5. The number of rotatable bonds is 7. The maximum absolute atomic E-state index is 6.30. The molecule has 3 aromatic rings. The van der Waals surface area contributed by atoms with Gasteiger partial charge in [-0.2, -0.15) is 10.1 Å². The van der Waals surface area contributed by atoms with E-state index in [9.17, 15) is 0 Å². The fraction of sp³-hybridized carbons (Fsp3) is 0.480. The lowest BCUT2D eigenvalue weighted by Crippen LogP contribution is -2.34. The van der Waals surface area contributed by atoms with Crippen LogP contribution >= 0.6 is 11.6 Å². The van der Waals surface area contributed by atoms with Gasteiger partial charge in [0.05, 0.1) is 6.20 Å². The first-order valence-electron chi connectivity index (χ1n) is 11.9. The Morgan fingerprint density at radius 3 is 2.30 bits per heavy atom. The molecule has 4 N–H and O–H groups in total. The van der Waals surface area contributed by atoms with Crippen molar-refractivity contribution in [2.75, 3.05) is 10.6 Å². The van der Waals surface area contributed by atoms with Crippen LogP contribution < -0.4 is 16.0 Å². The number of H-pyrrole nitrogens is 1. The number of aryl methyl sites for hydroxylation is 3. The van der Waals surface area contributed by atoms with E-state index in [1.165, 1.54) is 55.2 Å². The second-order valence-electron chi connectivity index (χ2n) is 9.59. The van der Waals surface area contributed by atoms with E-state index in [4.69, 9.17) is 11.6 Å². The molecule has 0 radical (unpaired) electrons. The maximum Gasteiger partial charge on any atom is 0.229 e. The molecule has 174 valence electrons. The molecule has 8 heteroatoms. The lowest BCUT2D eigenvalue weighted by molar-refractivity contribution is 0.340. The van der Waals surface area contributed by atoms with Crippen molar-refractivity contribution in [1.29, 1.82) is 0 Å². The monoisotopic (exact) mass is 465 g/mol. The van der Waals surface area contributed by atoms with Crippen LogP contribution in [0.3, 0.4) is 0 Å². The Labute approximate surface area is 200 Å². The molecule has 2 fully saturated rings. The van der Waals surface area contributed by atoms with Gasteiger partial charge in [-0.15, -0.1) is 0 Å². The van der Waals surface area contributed by atoms with Crippen LogP contribution in [0.15, 0.2) is 24.4 Å². The minimum absolute atomic E-state index is 0.441. The number of hydrogen-bond donors (Lipinski definition) is 4.